The molecule has 7 heteroatoms. The highest BCUT2D eigenvalue weighted by Gasteiger charge is 2.13. The van der Waals surface area contributed by atoms with E-state index in [-0.39, 0.29) is 12.5 Å². The molecule has 2 aromatic carbocycles. The van der Waals surface area contributed by atoms with E-state index < -0.39 is 5.97 Å². The standard InChI is InChI=1S/C20H18N2O4S/c1-25-16-8-7-13(11-14(16)20(24)26-2)12-21-18(23)9-10-19-22-15-5-3-4-6-17(15)27-19/h3-11H,12H2,1-2H3,(H,21,23). The molecular formula is C20H18N2O4S. The molecule has 1 amide bonds. The SMILES string of the molecule is COC(=O)c1cc(CNC(=O)C=Cc2nc3ccccc3s2)ccc1OC. The molecule has 6 nitrogen and oxygen atoms in total. The normalized spacial score (nSPS) is 10.9. The Morgan fingerprint density at radius 1 is 1.19 bits per heavy atom. The monoisotopic (exact) mass is 382 g/mol. The second-order valence-electron chi connectivity index (χ2n) is 5.60. The number of nitrogens with one attached hydrogen (secondary N) is 1. The van der Waals surface area contributed by atoms with Gasteiger partial charge in [-0.15, -0.1) is 11.3 Å². The Hall–Kier alpha value is -3.19. The molecule has 3 rings (SSSR count). The summed E-state index contributed by atoms with van der Waals surface area (Å²) in [5.74, 6) is -0.312. The van der Waals surface area contributed by atoms with Crippen LogP contribution in [0.3, 0.4) is 0 Å². The van der Waals surface area contributed by atoms with Gasteiger partial charge >= 0.3 is 5.97 Å². The largest absolute Gasteiger partial charge is 0.496 e. The van der Waals surface area contributed by atoms with Crippen molar-refractivity contribution in [2.75, 3.05) is 14.2 Å². The Labute approximate surface area is 160 Å². The van der Waals surface area contributed by atoms with Crippen LogP contribution in [0.5, 0.6) is 5.75 Å². The van der Waals surface area contributed by atoms with Gasteiger partial charge < -0.3 is 14.8 Å². The number of fused-ring (bicyclic) bond motifs is 1. The second-order valence-corrected chi connectivity index (χ2v) is 6.66. The third kappa shape index (κ3) is 4.51. The van der Waals surface area contributed by atoms with Crippen molar-refractivity contribution in [3.63, 3.8) is 0 Å². The van der Waals surface area contributed by atoms with E-state index in [4.69, 9.17) is 9.47 Å². The fourth-order valence-corrected chi connectivity index (χ4v) is 3.36. The Kier molecular flexibility index (Phi) is 5.83. The number of nitrogens with zero attached hydrogens (tertiary/aromatic N) is 1. The van der Waals surface area contributed by atoms with E-state index in [0.29, 0.717) is 11.3 Å². The molecule has 0 aliphatic heterocycles. The van der Waals surface area contributed by atoms with E-state index in [1.165, 1.54) is 31.6 Å². The summed E-state index contributed by atoms with van der Waals surface area (Å²) in [5, 5.41) is 3.55. The van der Waals surface area contributed by atoms with Crippen LogP contribution in [-0.4, -0.2) is 31.1 Å². The molecule has 1 N–H and O–H groups in total. The lowest BCUT2D eigenvalue weighted by molar-refractivity contribution is -0.116. The minimum Gasteiger partial charge on any atom is -0.496 e. The summed E-state index contributed by atoms with van der Waals surface area (Å²) in [7, 11) is 2.79. The van der Waals surface area contributed by atoms with E-state index in [0.717, 1.165) is 20.8 Å². The number of benzene rings is 2. The smallest absolute Gasteiger partial charge is 0.341 e. The molecule has 138 valence electrons. The lowest BCUT2D eigenvalue weighted by Crippen LogP contribution is -2.20. The quantitative estimate of drug-likeness (QED) is 0.522. The van der Waals surface area contributed by atoms with E-state index in [1.807, 2.05) is 24.3 Å². The number of ether oxygens (including phenoxy) is 2. The number of amides is 1. The average Bonchev–Trinajstić information content (AvgIpc) is 3.13. The Morgan fingerprint density at radius 3 is 2.74 bits per heavy atom. The van der Waals surface area contributed by atoms with E-state index >= 15 is 0 Å². The highest BCUT2D eigenvalue weighted by Crippen LogP contribution is 2.22. The molecule has 27 heavy (non-hydrogen) atoms. The van der Waals surface area contributed by atoms with Crippen molar-refractivity contribution < 1.29 is 19.1 Å². The molecule has 0 atom stereocenters. The number of aromatic nitrogens is 1. The maximum absolute atomic E-state index is 12.1. The minimum atomic E-state index is -0.490. The van der Waals surface area contributed by atoms with Crippen molar-refractivity contribution in [3.05, 3.63) is 64.7 Å². The number of hydrogen-bond acceptors (Lipinski definition) is 6. The second kappa shape index (κ2) is 8.46. The number of esters is 1. The Morgan fingerprint density at radius 2 is 2.00 bits per heavy atom. The molecule has 3 aromatic rings. The summed E-state index contributed by atoms with van der Waals surface area (Å²) < 4.78 is 11.0. The molecule has 0 fully saturated rings. The van der Waals surface area contributed by atoms with Crippen LogP contribution >= 0.6 is 11.3 Å². The fourth-order valence-electron chi connectivity index (χ4n) is 2.49. The number of hydrogen-bond donors (Lipinski definition) is 1. The van der Waals surface area contributed by atoms with Crippen molar-refractivity contribution in [3.8, 4) is 5.75 Å². The molecule has 0 saturated carbocycles. The predicted molar refractivity (Wildman–Crippen MR) is 105 cm³/mol. The summed E-state index contributed by atoms with van der Waals surface area (Å²) in [5.41, 5.74) is 1.99. The van der Waals surface area contributed by atoms with Gasteiger partial charge in [0.05, 0.1) is 24.4 Å². The number of para-hydroxylation sites is 1. The van der Waals surface area contributed by atoms with Gasteiger partial charge in [-0.05, 0) is 35.9 Å². The fraction of sp³-hybridized carbons (Fsp3) is 0.150. The first-order chi connectivity index (χ1) is 13.1. The summed E-state index contributed by atoms with van der Waals surface area (Å²) in [6.45, 7) is 0.275. The van der Waals surface area contributed by atoms with Crippen LogP contribution in [0, 0.1) is 0 Å². The molecule has 0 radical (unpaired) electrons. The summed E-state index contributed by atoms with van der Waals surface area (Å²) >= 11 is 1.52. The zero-order valence-corrected chi connectivity index (χ0v) is 15.7. The molecule has 0 bridgehead atoms. The summed E-state index contributed by atoms with van der Waals surface area (Å²) in [6.07, 6.45) is 3.14. The minimum absolute atomic E-state index is 0.246. The van der Waals surface area contributed by atoms with Gasteiger partial charge in [0.1, 0.15) is 16.3 Å². The van der Waals surface area contributed by atoms with Gasteiger partial charge in [-0.25, -0.2) is 9.78 Å². The van der Waals surface area contributed by atoms with Gasteiger partial charge in [-0.1, -0.05) is 18.2 Å². The topological polar surface area (TPSA) is 77.5 Å². The molecule has 0 aliphatic carbocycles. The van der Waals surface area contributed by atoms with Crippen LogP contribution in [0.25, 0.3) is 16.3 Å². The van der Waals surface area contributed by atoms with Crippen LogP contribution in [-0.2, 0) is 16.1 Å². The third-order valence-corrected chi connectivity index (χ3v) is 4.83. The van der Waals surface area contributed by atoms with Gasteiger partial charge in [0.15, 0.2) is 0 Å². The zero-order chi connectivity index (χ0) is 19.2. The Bertz CT molecular complexity index is 977. The van der Waals surface area contributed by atoms with E-state index in [2.05, 4.69) is 10.3 Å². The van der Waals surface area contributed by atoms with Gasteiger partial charge in [0.2, 0.25) is 5.91 Å². The van der Waals surface area contributed by atoms with Crippen molar-refractivity contribution >= 4 is 39.5 Å². The van der Waals surface area contributed by atoms with Crippen LogP contribution < -0.4 is 10.1 Å². The van der Waals surface area contributed by atoms with Crippen LogP contribution in [0.15, 0.2) is 48.5 Å². The van der Waals surface area contributed by atoms with Crippen molar-refractivity contribution in [1.82, 2.24) is 10.3 Å². The lowest BCUT2D eigenvalue weighted by Gasteiger charge is -2.09. The number of carbonyl (C=O) groups excluding carboxylic acids is 2. The van der Waals surface area contributed by atoms with Crippen LogP contribution in [0.1, 0.15) is 20.9 Å². The molecule has 0 saturated heterocycles. The van der Waals surface area contributed by atoms with Gasteiger partial charge in [-0.3, -0.25) is 4.79 Å². The zero-order valence-electron chi connectivity index (χ0n) is 14.9. The predicted octanol–water partition coefficient (Wildman–Crippen LogP) is 3.42. The molecule has 0 spiro atoms. The van der Waals surface area contributed by atoms with Crippen molar-refractivity contribution in [2.24, 2.45) is 0 Å². The number of carbonyl (C=O) groups is 2. The first kappa shape index (κ1) is 18.6. The van der Waals surface area contributed by atoms with Crippen molar-refractivity contribution in [2.45, 2.75) is 6.54 Å². The number of thiazole rings is 1. The van der Waals surface area contributed by atoms with Crippen LogP contribution in [0.4, 0.5) is 0 Å². The summed E-state index contributed by atoms with van der Waals surface area (Å²) in [4.78, 5) is 28.3. The first-order valence-corrected chi connectivity index (χ1v) is 8.99. The van der Waals surface area contributed by atoms with E-state index in [9.17, 15) is 9.59 Å². The molecule has 0 aliphatic rings. The van der Waals surface area contributed by atoms with Crippen LogP contribution in [0.2, 0.25) is 0 Å². The van der Waals surface area contributed by atoms with Gasteiger partial charge in [-0.2, -0.15) is 0 Å². The lowest BCUT2D eigenvalue weighted by atomic mass is 10.1. The van der Waals surface area contributed by atoms with Gasteiger partial charge in [0, 0.05) is 12.6 Å². The summed E-state index contributed by atoms with van der Waals surface area (Å²) in [6, 6.07) is 12.9. The first-order valence-electron chi connectivity index (χ1n) is 8.17. The Balaban J connectivity index is 1.64. The molecule has 1 heterocycles. The molecule has 1 aromatic heterocycles. The highest BCUT2D eigenvalue weighted by molar-refractivity contribution is 7.19. The number of rotatable bonds is 6. The van der Waals surface area contributed by atoms with Crippen molar-refractivity contribution in [1.29, 1.82) is 0 Å². The van der Waals surface area contributed by atoms with Gasteiger partial charge in [0.25, 0.3) is 0 Å². The molecular weight excluding hydrogens is 364 g/mol. The molecule has 0 unspecified atom stereocenters. The maximum atomic E-state index is 12.1. The third-order valence-electron chi connectivity index (χ3n) is 3.82. The highest BCUT2D eigenvalue weighted by atomic mass is 32.1. The number of methoxy groups -OCH3 is 2. The average molecular weight is 382 g/mol. The maximum Gasteiger partial charge on any atom is 0.341 e. The van der Waals surface area contributed by atoms with E-state index in [1.54, 1.807) is 24.3 Å².